The zero-order valence-corrected chi connectivity index (χ0v) is 15.5. The molecule has 0 bridgehead atoms. The zero-order valence-electron chi connectivity index (χ0n) is 15.5. The molecule has 1 aliphatic carbocycles. The molecule has 1 fully saturated rings. The minimum Gasteiger partial charge on any atom is -0.482 e. The molecular formula is C21H22N2O5. The molecule has 146 valence electrons. The van der Waals surface area contributed by atoms with E-state index < -0.39 is 12.6 Å². The summed E-state index contributed by atoms with van der Waals surface area (Å²) in [6.07, 6.45) is 0.904. The van der Waals surface area contributed by atoms with Gasteiger partial charge >= 0.3 is 5.97 Å². The largest absolute Gasteiger partial charge is 0.482 e. The summed E-state index contributed by atoms with van der Waals surface area (Å²) in [5.74, 6) is -0.430. The summed E-state index contributed by atoms with van der Waals surface area (Å²) >= 11 is 0. The number of carbonyl (C=O) groups excluding carboxylic acids is 2. The van der Waals surface area contributed by atoms with E-state index in [9.17, 15) is 14.4 Å². The van der Waals surface area contributed by atoms with Gasteiger partial charge in [-0.3, -0.25) is 9.59 Å². The van der Waals surface area contributed by atoms with Gasteiger partial charge < -0.3 is 20.5 Å². The molecule has 2 aromatic rings. The zero-order chi connectivity index (χ0) is 20.1. The van der Waals surface area contributed by atoms with Crippen molar-refractivity contribution in [3.8, 4) is 5.75 Å². The van der Waals surface area contributed by atoms with Crippen LogP contribution in [0.5, 0.6) is 5.75 Å². The molecule has 1 aliphatic rings. The highest BCUT2D eigenvalue weighted by Crippen LogP contribution is 2.38. The summed E-state index contributed by atoms with van der Waals surface area (Å²) in [5, 5.41) is 14.3. The van der Waals surface area contributed by atoms with Crippen LogP contribution in [0.15, 0.2) is 48.5 Å². The average molecular weight is 382 g/mol. The normalized spacial score (nSPS) is 17.5. The van der Waals surface area contributed by atoms with Crippen molar-refractivity contribution in [2.24, 2.45) is 11.8 Å². The van der Waals surface area contributed by atoms with Gasteiger partial charge in [0, 0.05) is 23.7 Å². The van der Waals surface area contributed by atoms with Crippen molar-refractivity contribution < 1.29 is 24.2 Å². The van der Waals surface area contributed by atoms with Gasteiger partial charge in [0.25, 0.3) is 5.91 Å². The first-order chi connectivity index (χ1) is 13.4. The van der Waals surface area contributed by atoms with Crippen LogP contribution in [0, 0.1) is 11.8 Å². The molecule has 2 unspecified atom stereocenters. The van der Waals surface area contributed by atoms with Crippen LogP contribution in [-0.4, -0.2) is 29.5 Å². The molecule has 0 radical (unpaired) electrons. The lowest BCUT2D eigenvalue weighted by Gasteiger charge is -2.09. The first-order valence-electron chi connectivity index (χ1n) is 9.05. The molecular weight excluding hydrogens is 360 g/mol. The van der Waals surface area contributed by atoms with Crippen molar-refractivity contribution in [3.63, 3.8) is 0 Å². The number of amides is 2. The second-order valence-corrected chi connectivity index (χ2v) is 6.90. The van der Waals surface area contributed by atoms with E-state index in [1.165, 1.54) is 0 Å². The van der Waals surface area contributed by atoms with Crippen LogP contribution in [0.25, 0.3) is 0 Å². The van der Waals surface area contributed by atoms with Crippen LogP contribution in [0.4, 0.5) is 5.69 Å². The predicted octanol–water partition coefficient (Wildman–Crippen LogP) is 2.67. The van der Waals surface area contributed by atoms with Gasteiger partial charge in [-0.2, -0.15) is 0 Å². The van der Waals surface area contributed by atoms with Crippen LogP contribution in [0.3, 0.4) is 0 Å². The maximum absolute atomic E-state index is 12.4. The van der Waals surface area contributed by atoms with E-state index in [4.69, 9.17) is 9.84 Å². The smallest absolute Gasteiger partial charge is 0.341 e. The second kappa shape index (κ2) is 8.56. The van der Waals surface area contributed by atoms with Crippen molar-refractivity contribution in [3.05, 3.63) is 59.7 Å². The minimum atomic E-state index is -1.05. The van der Waals surface area contributed by atoms with Crippen molar-refractivity contribution >= 4 is 23.5 Å². The second-order valence-electron chi connectivity index (χ2n) is 6.90. The van der Waals surface area contributed by atoms with Crippen LogP contribution in [0.1, 0.15) is 29.3 Å². The Kier molecular flexibility index (Phi) is 5.93. The lowest BCUT2D eigenvalue weighted by molar-refractivity contribution is -0.139. The molecule has 0 heterocycles. The molecule has 3 N–H and O–H groups in total. The Labute approximate surface area is 162 Å². The van der Waals surface area contributed by atoms with Crippen LogP contribution < -0.4 is 15.4 Å². The topological polar surface area (TPSA) is 105 Å². The highest BCUT2D eigenvalue weighted by molar-refractivity contribution is 5.98. The van der Waals surface area contributed by atoms with Gasteiger partial charge in [0.05, 0.1) is 0 Å². The molecule has 1 saturated carbocycles. The van der Waals surface area contributed by atoms with Crippen LogP contribution in [-0.2, 0) is 16.1 Å². The summed E-state index contributed by atoms with van der Waals surface area (Å²) in [6.45, 7) is 1.88. The van der Waals surface area contributed by atoms with E-state index in [0.29, 0.717) is 22.9 Å². The molecule has 7 nitrogen and oxygen atoms in total. The van der Waals surface area contributed by atoms with E-state index in [0.717, 1.165) is 12.0 Å². The van der Waals surface area contributed by atoms with E-state index in [1.807, 2.05) is 6.92 Å². The van der Waals surface area contributed by atoms with Crippen molar-refractivity contribution in [2.45, 2.75) is 19.9 Å². The third-order valence-corrected chi connectivity index (χ3v) is 4.55. The van der Waals surface area contributed by atoms with Gasteiger partial charge in [-0.15, -0.1) is 0 Å². The summed E-state index contributed by atoms with van der Waals surface area (Å²) in [4.78, 5) is 35.0. The Morgan fingerprint density at radius 2 is 1.89 bits per heavy atom. The van der Waals surface area contributed by atoms with E-state index in [-0.39, 0.29) is 24.3 Å². The number of carboxylic acid groups (broad SMARTS) is 1. The molecule has 2 atom stereocenters. The molecule has 3 rings (SSSR count). The van der Waals surface area contributed by atoms with Gasteiger partial charge in [-0.05, 0) is 48.2 Å². The molecule has 28 heavy (non-hydrogen) atoms. The molecule has 2 amide bonds. The van der Waals surface area contributed by atoms with Crippen LogP contribution in [0.2, 0.25) is 0 Å². The van der Waals surface area contributed by atoms with Crippen molar-refractivity contribution in [2.75, 3.05) is 11.9 Å². The third kappa shape index (κ3) is 5.33. The third-order valence-electron chi connectivity index (χ3n) is 4.55. The lowest BCUT2D eigenvalue weighted by Crippen LogP contribution is -2.23. The first-order valence-corrected chi connectivity index (χ1v) is 9.05. The van der Waals surface area contributed by atoms with Gasteiger partial charge in [0.2, 0.25) is 5.91 Å². The Morgan fingerprint density at radius 3 is 2.61 bits per heavy atom. The van der Waals surface area contributed by atoms with Gasteiger partial charge in [-0.25, -0.2) is 4.79 Å². The number of nitrogens with one attached hydrogen (secondary N) is 2. The van der Waals surface area contributed by atoms with Gasteiger partial charge in [0.15, 0.2) is 6.61 Å². The number of benzene rings is 2. The van der Waals surface area contributed by atoms with E-state index in [2.05, 4.69) is 10.6 Å². The summed E-state index contributed by atoms with van der Waals surface area (Å²) in [6, 6.07) is 13.7. The number of ether oxygens (including phenoxy) is 1. The Hall–Kier alpha value is -3.35. The van der Waals surface area contributed by atoms with Crippen molar-refractivity contribution in [1.82, 2.24) is 5.32 Å². The SMILES string of the molecule is CC1CC1C(=O)Nc1cccc(C(=O)NCc2cccc(OCC(=O)O)c2)c1. The minimum absolute atomic E-state index is 0.0109. The van der Waals surface area contributed by atoms with Gasteiger partial charge in [-0.1, -0.05) is 25.1 Å². The molecule has 7 heteroatoms. The fraction of sp³-hybridized carbons (Fsp3) is 0.286. The monoisotopic (exact) mass is 382 g/mol. The van der Waals surface area contributed by atoms with E-state index >= 15 is 0 Å². The fourth-order valence-electron chi connectivity index (χ4n) is 2.84. The van der Waals surface area contributed by atoms with E-state index in [1.54, 1.807) is 48.5 Å². The Balaban J connectivity index is 1.56. The number of aliphatic carboxylic acids is 1. The maximum Gasteiger partial charge on any atom is 0.341 e. The molecule has 2 aromatic carbocycles. The summed E-state index contributed by atoms with van der Waals surface area (Å²) < 4.78 is 5.13. The number of hydrogen-bond donors (Lipinski definition) is 3. The lowest BCUT2D eigenvalue weighted by atomic mass is 10.1. The average Bonchev–Trinajstić information content (AvgIpc) is 3.42. The number of hydrogen-bond acceptors (Lipinski definition) is 4. The molecule has 0 aromatic heterocycles. The van der Waals surface area contributed by atoms with Crippen LogP contribution >= 0.6 is 0 Å². The van der Waals surface area contributed by atoms with Crippen molar-refractivity contribution in [1.29, 1.82) is 0 Å². The summed E-state index contributed by atoms with van der Waals surface area (Å²) in [7, 11) is 0. The molecule has 0 spiro atoms. The number of rotatable bonds is 8. The Bertz CT molecular complexity index is 896. The van der Waals surface area contributed by atoms with Gasteiger partial charge in [0.1, 0.15) is 5.75 Å². The fourth-order valence-corrected chi connectivity index (χ4v) is 2.84. The number of anilines is 1. The first kappa shape index (κ1) is 19.4. The Morgan fingerprint density at radius 1 is 1.14 bits per heavy atom. The predicted molar refractivity (Wildman–Crippen MR) is 103 cm³/mol. The maximum atomic E-state index is 12.4. The number of carbonyl (C=O) groups is 3. The highest BCUT2D eigenvalue weighted by atomic mass is 16.5. The standard InChI is InChI=1S/C21H22N2O5/c1-13-8-18(13)21(27)23-16-6-3-5-15(10-16)20(26)22-11-14-4-2-7-17(9-14)28-12-19(24)25/h2-7,9-10,13,18H,8,11-12H2,1H3,(H,22,26)(H,23,27)(H,24,25). The number of carboxylic acids is 1. The highest BCUT2D eigenvalue weighted by Gasteiger charge is 2.39. The quantitative estimate of drug-likeness (QED) is 0.651. The molecule has 0 aliphatic heterocycles. The molecule has 0 saturated heterocycles. The summed E-state index contributed by atoms with van der Waals surface area (Å²) in [5.41, 5.74) is 1.82.